The zero-order valence-corrected chi connectivity index (χ0v) is 16.8. The first-order chi connectivity index (χ1) is 13.6. The number of nitrogens with zero attached hydrogens (tertiary/aromatic N) is 5. The van der Waals surface area contributed by atoms with Crippen LogP contribution < -0.4 is 4.90 Å². The molecule has 2 saturated carbocycles. The molecule has 3 atom stereocenters. The topological polar surface area (TPSA) is 65.7 Å². The molecule has 3 saturated heterocycles. The minimum atomic E-state index is 0.353. The van der Waals surface area contributed by atoms with Gasteiger partial charge in [-0.15, -0.1) is 0 Å². The Balaban J connectivity index is 0.999. The van der Waals surface area contributed by atoms with E-state index in [1.165, 1.54) is 38.5 Å². The lowest BCUT2D eigenvalue weighted by atomic mass is 9.64. The first kappa shape index (κ1) is 17.2. The molecule has 5 aliphatic rings. The molecule has 1 spiro atoms. The van der Waals surface area contributed by atoms with Crippen LogP contribution in [-0.2, 0) is 4.79 Å². The van der Waals surface area contributed by atoms with E-state index in [4.69, 9.17) is 4.52 Å². The number of aromatic nitrogens is 2. The van der Waals surface area contributed by atoms with Gasteiger partial charge in [0.1, 0.15) is 0 Å². The van der Waals surface area contributed by atoms with Gasteiger partial charge < -0.3 is 14.3 Å². The third kappa shape index (κ3) is 2.69. The highest BCUT2D eigenvalue weighted by Gasteiger charge is 2.62. The summed E-state index contributed by atoms with van der Waals surface area (Å²) in [7, 11) is 0. The van der Waals surface area contributed by atoms with Gasteiger partial charge in [0.2, 0.25) is 5.91 Å². The SMILES string of the molecule is Cc1noc(N2CCC3(CC(N4C[C@@H]5C(C(=O)N6CCCCC6)[C@@H]5C4)C3)C2)n1. The number of likely N-dealkylation sites (tertiary alicyclic amines) is 2. The molecule has 0 radical (unpaired) electrons. The molecule has 7 nitrogen and oxygen atoms in total. The Bertz CT molecular complexity index is 755. The summed E-state index contributed by atoms with van der Waals surface area (Å²) in [6, 6.07) is 1.42. The molecule has 1 aromatic heterocycles. The van der Waals surface area contributed by atoms with Crippen LogP contribution >= 0.6 is 0 Å². The first-order valence-corrected chi connectivity index (χ1v) is 11.2. The molecule has 152 valence electrons. The van der Waals surface area contributed by atoms with Crippen molar-refractivity contribution in [3.05, 3.63) is 5.82 Å². The number of carbonyl (C=O) groups excluding carboxylic acids is 1. The number of carbonyl (C=O) groups is 1. The summed E-state index contributed by atoms with van der Waals surface area (Å²) >= 11 is 0. The number of piperidine rings is 2. The van der Waals surface area contributed by atoms with Crippen molar-refractivity contribution in [2.75, 3.05) is 44.2 Å². The summed E-state index contributed by atoms with van der Waals surface area (Å²) in [4.78, 5) is 24.3. The lowest BCUT2D eigenvalue weighted by Crippen LogP contribution is -2.52. The van der Waals surface area contributed by atoms with Gasteiger partial charge in [-0.2, -0.15) is 4.98 Å². The van der Waals surface area contributed by atoms with Gasteiger partial charge in [-0.3, -0.25) is 9.69 Å². The first-order valence-electron chi connectivity index (χ1n) is 11.2. The van der Waals surface area contributed by atoms with Gasteiger partial charge >= 0.3 is 6.01 Å². The molecule has 1 amide bonds. The molecule has 0 N–H and O–H groups in total. The molecule has 28 heavy (non-hydrogen) atoms. The maximum absolute atomic E-state index is 12.8. The van der Waals surface area contributed by atoms with Gasteiger partial charge in [0, 0.05) is 51.2 Å². The zero-order chi connectivity index (χ0) is 18.9. The van der Waals surface area contributed by atoms with Crippen LogP contribution in [0.4, 0.5) is 6.01 Å². The zero-order valence-electron chi connectivity index (χ0n) is 16.8. The van der Waals surface area contributed by atoms with Crippen molar-refractivity contribution >= 4 is 11.9 Å². The summed E-state index contributed by atoms with van der Waals surface area (Å²) in [5.74, 6) is 2.83. The number of aryl methyl sites for hydroxylation is 1. The number of hydrogen-bond donors (Lipinski definition) is 0. The van der Waals surface area contributed by atoms with Crippen LogP contribution in [0.5, 0.6) is 0 Å². The van der Waals surface area contributed by atoms with Crippen molar-refractivity contribution in [1.29, 1.82) is 0 Å². The van der Waals surface area contributed by atoms with E-state index in [0.29, 0.717) is 40.9 Å². The maximum atomic E-state index is 12.8. The molecular formula is C21H31N5O2. The van der Waals surface area contributed by atoms with E-state index >= 15 is 0 Å². The summed E-state index contributed by atoms with van der Waals surface area (Å²) < 4.78 is 5.36. The molecular weight excluding hydrogens is 354 g/mol. The van der Waals surface area contributed by atoms with E-state index in [0.717, 1.165) is 45.3 Å². The second-order valence-electron chi connectivity index (χ2n) is 10.1. The van der Waals surface area contributed by atoms with Crippen molar-refractivity contribution < 1.29 is 9.32 Å². The van der Waals surface area contributed by atoms with Gasteiger partial charge in [0.25, 0.3) is 0 Å². The molecule has 0 bridgehead atoms. The Morgan fingerprint density at radius 3 is 2.54 bits per heavy atom. The van der Waals surface area contributed by atoms with Gasteiger partial charge in [0.15, 0.2) is 5.82 Å². The highest BCUT2D eigenvalue weighted by Crippen LogP contribution is 2.57. The van der Waals surface area contributed by atoms with E-state index in [1.807, 2.05) is 6.92 Å². The lowest BCUT2D eigenvalue weighted by molar-refractivity contribution is -0.134. The monoisotopic (exact) mass is 385 g/mol. The van der Waals surface area contributed by atoms with Crippen LogP contribution in [-0.4, -0.2) is 71.2 Å². The Morgan fingerprint density at radius 2 is 1.86 bits per heavy atom. The third-order valence-electron chi connectivity index (χ3n) is 8.25. The van der Waals surface area contributed by atoms with Crippen LogP contribution in [0.25, 0.3) is 0 Å². The number of rotatable bonds is 3. The molecule has 3 aliphatic heterocycles. The fraction of sp³-hybridized carbons (Fsp3) is 0.857. The predicted molar refractivity (Wildman–Crippen MR) is 104 cm³/mol. The molecule has 7 heteroatoms. The second kappa shape index (κ2) is 6.18. The molecule has 1 unspecified atom stereocenters. The summed E-state index contributed by atoms with van der Waals surface area (Å²) in [5, 5.41) is 3.93. The predicted octanol–water partition coefficient (Wildman–Crippen LogP) is 1.93. The van der Waals surface area contributed by atoms with E-state index in [-0.39, 0.29) is 0 Å². The van der Waals surface area contributed by atoms with Crippen LogP contribution in [0.3, 0.4) is 0 Å². The molecule has 1 aromatic rings. The Labute approximate surface area is 166 Å². The average molecular weight is 386 g/mol. The lowest BCUT2D eigenvalue weighted by Gasteiger charge is -2.49. The molecule has 4 heterocycles. The van der Waals surface area contributed by atoms with Crippen LogP contribution in [0, 0.1) is 30.1 Å². The van der Waals surface area contributed by atoms with Gasteiger partial charge in [-0.25, -0.2) is 0 Å². The summed E-state index contributed by atoms with van der Waals surface area (Å²) in [6.07, 6.45) is 7.51. The minimum absolute atomic E-state index is 0.353. The number of fused-ring (bicyclic) bond motifs is 1. The molecule has 5 fully saturated rings. The number of hydrogen-bond acceptors (Lipinski definition) is 6. The Hall–Kier alpha value is -1.63. The maximum Gasteiger partial charge on any atom is 0.324 e. The van der Waals surface area contributed by atoms with Gasteiger partial charge in [-0.05, 0) is 62.7 Å². The molecule has 2 aliphatic carbocycles. The smallest absolute Gasteiger partial charge is 0.324 e. The summed E-state index contributed by atoms with van der Waals surface area (Å²) in [5.41, 5.74) is 0.447. The quantitative estimate of drug-likeness (QED) is 0.792. The Morgan fingerprint density at radius 1 is 1.11 bits per heavy atom. The van der Waals surface area contributed by atoms with E-state index in [1.54, 1.807) is 0 Å². The fourth-order valence-corrected chi connectivity index (χ4v) is 6.59. The van der Waals surface area contributed by atoms with Crippen molar-refractivity contribution in [1.82, 2.24) is 19.9 Å². The summed E-state index contributed by atoms with van der Waals surface area (Å²) in [6.45, 7) is 8.28. The third-order valence-corrected chi connectivity index (χ3v) is 8.25. The van der Waals surface area contributed by atoms with E-state index < -0.39 is 0 Å². The van der Waals surface area contributed by atoms with Crippen LogP contribution in [0.2, 0.25) is 0 Å². The van der Waals surface area contributed by atoms with Gasteiger partial charge in [-0.1, -0.05) is 5.16 Å². The van der Waals surface area contributed by atoms with E-state index in [2.05, 4.69) is 24.8 Å². The normalized spacial score (nSPS) is 40.0. The largest absolute Gasteiger partial charge is 0.342 e. The Kier molecular flexibility index (Phi) is 3.81. The molecule has 6 rings (SSSR count). The number of amides is 1. The number of anilines is 1. The van der Waals surface area contributed by atoms with Crippen molar-refractivity contribution in [2.24, 2.45) is 23.2 Å². The average Bonchev–Trinajstić information content (AvgIpc) is 3.13. The van der Waals surface area contributed by atoms with Crippen molar-refractivity contribution in [2.45, 2.75) is 51.5 Å². The van der Waals surface area contributed by atoms with Gasteiger partial charge in [0.05, 0.1) is 0 Å². The van der Waals surface area contributed by atoms with E-state index in [9.17, 15) is 4.79 Å². The molecule has 0 aromatic carbocycles. The highest BCUT2D eigenvalue weighted by atomic mass is 16.5. The highest BCUT2D eigenvalue weighted by molar-refractivity contribution is 5.82. The van der Waals surface area contributed by atoms with Crippen molar-refractivity contribution in [3.63, 3.8) is 0 Å². The van der Waals surface area contributed by atoms with Crippen LogP contribution in [0.15, 0.2) is 4.52 Å². The second-order valence-corrected chi connectivity index (χ2v) is 10.1. The van der Waals surface area contributed by atoms with Crippen LogP contribution in [0.1, 0.15) is 44.3 Å². The standard InChI is InChI=1S/C21H31N5O2/c1-14-22-20(28-23-14)25-8-5-21(13-25)9-15(10-21)26-11-16-17(12-26)18(16)19(27)24-6-3-2-4-7-24/h15-18H,2-13H2,1H3/t15?,16-,17+,18?,21?. The van der Waals surface area contributed by atoms with Crippen molar-refractivity contribution in [3.8, 4) is 0 Å². The fourth-order valence-electron chi connectivity index (χ4n) is 6.59. The minimum Gasteiger partial charge on any atom is -0.342 e.